The van der Waals surface area contributed by atoms with Crippen LogP contribution in [0.5, 0.6) is 0 Å². The topological polar surface area (TPSA) is 32.3 Å². The van der Waals surface area contributed by atoms with Crippen molar-refractivity contribution in [1.82, 2.24) is 5.32 Å². The molecule has 1 aromatic rings. The summed E-state index contributed by atoms with van der Waals surface area (Å²) in [6.45, 7) is 1.62. The highest BCUT2D eigenvalue weighted by Gasteiger charge is 2.14. The molecule has 1 rings (SSSR count). The predicted molar refractivity (Wildman–Crippen MR) is 59.0 cm³/mol. The highest BCUT2D eigenvalue weighted by Crippen LogP contribution is 2.27. The average molecular weight is 231 g/mol. The molecule has 0 aliphatic rings. The second-order valence-corrected chi connectivity index (χ2v) is 3.57. The lowest BCUT2D eigenvalue weighted by atomic mass is 10.2. The van der Waals surface area contributed by atoms with Crippen LogP contribution in [0.15, 0.2) is 12.1 Å². The van der Waals surface area contributed by atoms with E-state index in [-0.39, 0.29) is 11.8 Å². The first-order valence-electron chi connectivity index (χ1n) is 4.38. The van der Waals surface area contributed by atoms with E-state index in [1.54, 1.807) is 6.92 Å². The molecular formula is C10H12ClFN2O. The van der Waals surface area contributed by atoms with Gasteiger partial charge in [-0.2, -0.15) is 0 Å². The van der Waals surface area contributed by atoms with Crippen molar-refractivity contribution in [3.63, 3.8) is 0 Å². The Kier molecular flexibility index (Phi) is 3.52. The van der Waals surface area contributed by atoms with Gasteiger partial charge in [0.1, 0.15) is 5.82 Å². The molecule has 0 bridgehead atoms. The molecule has 0 unspecified atom stereocenters. The number of nitrogens with zero attached hydrogens (tertiary/aromatic N) is 1. The molecule has 0 saturated carbocycles. The fourth-order valence-corrected chi connectivity index (χ4v) is 1.51. The Labute approximate surface area is 92.8 Å². The van der Waals surface area contributed by atoms with Gasteiger partial charge in [0.05, 0.1) is 10.7 Å². The molecule has 0 heterocycles. The van der Waals surface area contributed by atoms with E-state index in [1.807, 2.05) is 0 Å². The number of urea groups is 1. The molecule has 0 spiro atoms. The number of anilines is 1. The zero-order valence-corrected chi connectivity index (χ0v) is 9.52. The van der Waals surface area contributed by atoms with Crippen molar-refractivity contribution < 1.29 is 9.18 Å². The molecule has 5 heteroatoms. The lowest BCUT2D eigenvalue weighted by Crippen LogP contribution is -2.35. The summed E-state index contributed by atoms with van der Waals surface area (Å²) in [5.41, 5.74) is 0.799. The summed E-state index contributed by atoms with van der Waals surface area (Å²) in [6, 6.07) is 2.39. The molecule has 0 aliphatic heterocycles. The van der Waals surface area contributed by atoms with Crippen molar-refractivity contribution in [2.75, 3.05) is 19.0 Å². The van der Waals surface area contributed by atoms with Crippen LogP contribution in [-0.4, -0.2) is 20.1 Å². The van der Waals surface area contributed by atoms with Gasteiger partial charge in [-0.1, -0.05) is 11.6 Å². The van der Waals surface area contributed by atoms with Crippen LogP contribution in [-0.2, 0) is 0 Å². The Bertz CT molecular complexity index is 395. The van der Waals surface area contributed by atoms with Gasteiger partial charge < -0.3 is 5.32 Å². The van der Waals surface area contributed by atoms with E-state index >= 15 is 0 Å². The highest BCUT2D eigenvalue weighted by atomic mass is 35.5. The van der Waals surface area contributed by atoms with Crippen LogP contribution in [0, 0.1) is 12.7 Å². The quantitative estimate of drug-likeness (QED) is 0.790. The predicted octanol–water partition coefficient (Wildman–Crippen LogP) is 2.56. The molecule has 1 N–H and O–H groups in total. The fraction of sp³-hybridized carbons (Fsp3) is 0.300. The van der Waals surface area contributed by atoms with Gasteiger partial charge in [-0.25, -0.2) is 9.18 Å². The number of carbonyl (C=O) groups is 1. The van der Waals surface area contributed by atoms with Gasteiger partial charge in [0.2, 0.25) is 0 Å². The zero-order valence-electron chi connectivity index (χ0n) is 8.77. The van der Waals surface area contributed by atoms with Crippen molar-refractivity contribution in [1.29, 1.82) is 0 Å². The van der Waals surface area contributed by atoms with E-state index in [0.29, 0.717) is 16.3 Å². The number of amides is 2. The third kappa shape index (κ3) is 2.39. The molecular weight excluding hydrogens is 219 g/mol. The van der Waals surface area contributed by atoms with E-state index in [4.69, 9.17) is 11.6 Å². The lowest BCUT2D eigenvalue weighted by molar-refractivity contribution is 0.249. The molecule has 3 nitrogen and oxygen atoms in total. The summed E-state index contributed by atoms with van der Waals surface area (Å²) in [5.74, 6) is -0.384. The molecule has 0 radical (unpaired) electrons. The Balaban J connectivity index is 3.14. The molecule has 0 saturated heterocycles. The molecule has 1 aromatic carbocycles. The van der Waals surface area contributed by atoms with Crippen molar-refractivity contribution in [3.8, 4) is 0 Å². The first-order chi connectivity index (χ1) is 6.97. The van der Waals surface area contributed by atoms with Crippen LogP contribution < -0.4 is 10.2 Å². The summed E-state index contributed by atoms with van der Waals surface area (Å²) in [4.78, 5) is 12.5. The second-order valence-electron chi connectivity index (χ2n) is 3.17. The lowest BCUT2D eigenvalue weighted by Gasteiger charge is -2.18. The Hall–Kier alpha value is -1.29. The SMILES string of the molecule is CNC(=O)N(C)c1cc(F)c(C)cc1Cl. The van der Waals surface area contributed by atoms with E-state index in [2.05, 4.69) is 5.32 Å². The van der Waals surface area contributed by atoms with Gasteiger partial charge in [0.15, 0.2) is 0 Å². The first-order valence-corrected chi connectivity index (χ1v) is 4.76. The molecule has 82 valence electrons. The zero-order chi connectivity index (χ0) is 11.6. The summed E-state index contributed by atoms with van der Waals surface area (Å²) >= 11 is 5.91. The third-order valence-electron chi connectivity index (χ3n) is 2.11. The Morgan fingerprint density at radius 1 is 1.53 bits per heavy atom. The summed E-state index contributed by atoms with van der Waals surface area (Å²) in [7, 11) is 3.02. The van der Waals surface area contributed by atoms with Crippen molar-refractivity contribution in [2.24, 2.45) is 0 Å². The minimum atomic E-state index is -0.384. The standard InChI is InChI=1S/C10H12ClFN2O/c1-6-4-7(11)9(5-8(6)12)14(3)10(15)13-2/h4-5H,1-3H3,(H,13,15). The van der Waals surface area contributed by atoms with Crippen LogP contribution >= 0.6 is 11.6 Å². The molecule has 0 aliphatic carbocycles. The summed E-state index contributed by atoms with van der Waals surface area (Å²) < 4.78 is 13.3. The second kappa shape index (κ2) is 4.49. The van der Waals surface area contributed by atoms with E-state index in [1.165, 1.54) is 31.1 Å². The van der Waals surface area contributed by atoms with Gasteiger partial charge in [0, 0.05) is 14.1 Å². The number of benzene rings is 1. The summed E-state index contributed by atoms with van der Waals surface area (Å²) in [6.07, 6.45) is 0. The molecule has 2 amide bonds. The van der Waals surface area contributed by atoms with Gasteiger partial charge in [-0.15, -0.1) is 0 Å². The molecule has 0 fully saturated rings. The van der Waals surface area contributed by atoms with E-state index in [0.717, 1.165) is 0 Å². The van der Waals surface area contributed by atoms with Crippen LogP contribution in [0.4, 0.5) is 14.9 Å². The highest BCUT2D eigenvalue weighted by molar-refractivity contribution is 6.33. The number of hydrogen-bond acceptors (Lipinski definition) is 1. The minimum Gasteiger partial charge on any atom is -0.341 e. The number of rotatable bonds is 1. The van der Waals surface area contributed by atoms with Crippen LogP contribution in [0.25, 0.3) is 0 Å². The number of hydrogen-bond donors (Lipinski definition) is 1. The number of halogens is 2. The molecule has 0 aromatic heterocycles. The average Bonchev–Trinajstić information content (AvgIpc) is 2.21. The van der Waals surface area contributed by atoms with E-state index < -0.39 is 0 Å². The van der Waals surface area contributed by atoms with Crippen molar-refractivity contribution in [2.45, 2.75) is 6.92 Å². The van der Waals surface area contributed by atoms with Crippen LogP contribution in [0.2, 0.25) is 5.02 Å². The largest absolute Gasteiger partial charge is 0.341 e. The number of nitrogens with one attached hydrogen (secondary N) is 1. The maximum Gasteiger partial charge on any atom is 0.321 e. The van der Waals surface area contributed by atoms with Gasteiger partial charge in [-0.3, -0.25) is 4.90 Å². The Morgan fingerprint density at radius 2 is 2.13 bits per heavy atom. The van der Waals surface area contributed by atoms with E-state index in [9.17, 15) is 9.18 Å². The third-order valence-corrected chi connectivity index (χ3v) is 2.41. The maximum absolute atomic E-state index is 13.3. The van der Waals surface area contributed by atoms with Crippen LogP contribution in [0.3, 0.4) is 0 Å². The number of aryl methyl sites for hydroxylation is 1. The monoisotopic (exact) mass is 230 g/mol. The normalized spacial score (nSPS) is 9.93. The first kappa shape index (κ1) is 11.8. The van der Waals surface area contributed by atoms with Crippen molar-refractivity contribution in [3.05, 3.63) is 28.5 Å². The van der Waals surface area contributed by atoms with Gasteiger partial charge in [0.25, 0.3) is 0 Å². The fourth-order valence-electron chi connectivity index (χ4n) is 1.17. The van der Waals surface area contributed by atoms with Gasteiger partial charge in [-0.05, 0) is 24.6 Å². The molecule has 15 heavy (non-hydrogen) atoms. The van der Waals surface area contributed by atoms with Crippen molar-refractivity contribution >= 4 is 23.3 Å². The summed E-state index contributed by atoms with van der Waals surface area (Å²) in [5, 5.41) is 2.78. The van der Waals surface area contributed by atoms with Crippen LogP contribution in [0.1, 0.15) is 5.56 Å². The minimum absolute atomic E-state index is 0.346. The maximum atomic E-state index is 13.3. The van der Waals surface area contributed by atoms with Gasteiger partial charge >= 0.3 is 6.03 Å². The number of carbonyl (C=O) groups excluding carboxylic acids is 1. The molecule has 0 atom stereocenters. The Morgan fingerprint density at radius 3 is 2.67 bits per heavy atom. The smallest absolute Gasteiger partial charge is 0.321 e.